The number of nitro benzene ring substituents is 1. The standard InChI is InChI=1S/C14H10ClNO5S2/c15-13-6-5-12(23-13)11(17)7-21-14(18)8-22-10-3-1-9(2-4-10)16(19)20/h1-6H,7-8H2. The fourth-order valence-corrected chi connectivity index (χ4v) is 3.19. The predicted octanol–water partition coefficient (Wildman–Crippen LogP) is 3.83. The fraction of sp³-hybridized carbons (Fsp3) is 0.143. The second-order valence-corrected chi connectivity index (χ2v) is 6.99. The lowest BCUT2D eigenvalue weighted by Crippen LogP contribution is -2.14. The Kier molecular flexibility index (Phi) is 6.14. The minimum atomic E-state index is -0.538. The number of rotatable bonds is 7. The van der Waals surface area contributed by atoms with Crippen LogP contribution in [0.1, 0.15) is 9.67 Å². The number of thioether (sulfide) groups is 1. The number of Topliss-reactive ketones (excluding diaryl/α,β-unsaturated/α-hetero) is 1. The van der Waals surface area contributed by atoms with Crippen molar-refractivity contribution in [2.24, 2.45) is 0 Å². The number of esters is 1. The van der Waals surface area contributed by atoms with Crippen LogP contribution >= 0.6 is 34.7 Å². The second kappa shape index (κ2) is 8.09. The Labute approximate surface area is 144 Å². The van der Waals surface area contributed by atoms with Crippen molar-refractivity contribution in [3.8, 4) is 0 Å². The van der Waals surface area contributed by atoms with Gasteiger partial charge in [0.15, 0.2) is 6.61 Å². The van der Waals surface area contributed by atoms with Gasteiger partial charge in [0.05, 0.1) is 19.9 Å². The minimum Gasteiger partial charge on any atom is -0.457 e. The van der Waals surface area contributed by atoms with Gasteiger partial charge in [-0.15, -0.1) is 23.1 Å². The number of nitro groups is 1. The maximum atomic E-state index is 11.7. The van der Waals surface area contributed by atoms with Crippen molar-refractivity contribution in [3.63, 3.8) is 0 Å². The van der Waals surface area contributed by atoms with E-state index in [2.05, 4.69) is 0 Å². The van der Waals surface area contributed by atoms with Gasteiger partial charge in [-0.1, -0.05) is 11.6 Å². The van der Waals surface area contributed by atoms with Crippen LogP contribution in [-0.4, -0.2) is 29.0 Å². The zero-order valence-electron chi connectivity index (χ0n) is 11.6. The number of ether oxygens (including phenoxy) is 1. The molecular formula is C14H10ClNO5S2. The fourth-order valence-electron chi connectivity index (χ4n) is 1.53. The molecule has 6 nitrogen and oxygen atoms in total. The molecule has 0 fully saturated rings. The average Bonchev–Trinajstić information content (AvgIpc) is 2.97. The van der Waals surface area contributed by atoms with E-state index in [4.69, 9.17) is 16.3 Å². The van der Waals surface area contributed by atoms with Crippen LogP contribution in [-0.2, 0) is 9.53 Å². The first-order chi connectivity index (χ1) is 11.0. The summed E-state index contributed by atoms with van der Waals surface area (Å²) in [6.07, 6.45) is 0. The molecule has 0 bridgehead atoms. The molecule has 0 saturated heterocycles. The summed E-state index contributed by atoms with van der Waals surface area (Å²) >= 11 is 8.03. The molecular weight excluding hydrogens is 362 g/mol. The second-order valence-electron chi connectivity index (χ2n) is 4.23. The Morgan fingerprint density at radius 1 is 1.22 bits per heavy atom. The summed E-state index contributed by atoms with van der Waals surface area (Å²) in [6, 6.07) is 9.00. The largest absolute Gasteiger partial charge is 0.457 e. The molecule has 23 heavy (non-hydrogen) atoms. The molecule has 120 valence electrons. The Hall–Kier alpha value is -1.90. The summed E-state index contributed by atoms with van der Waals surface area (Å²) in [4.78, 5) is 34.5. The number of ketones is 1. The smallest absolute Gasteiger partial charge is 0.316 e. The van der Waals surface area contributed by atoms with Crippen LogP contribution in [0.3, 0.4) is 0 Å². The van der Waals surface area contributed by atoms with Crippen LogP contribution in [0.15, 0.2) is 41.3 Å². The predicted molar refractivity (Wildman–Crippen MR) is 88.4 cm³/mol. The Balaban J connectivity index is 1.76. The number of hydrogen-bond acceptors (Lipinski definition) is 7. The monoisotopic (exact) mass is 371 g/mol. The summed E-state index contributed by atoms with van der Waals surface area (Å²) in [7, 11) is 0. The molecule has 0 unspecified atom stereocenters. The lowest BCUT2D eigenvalue weighted by molar-refractivity contribution is -0.384. The molecule has 1 aromatic heterocycles. The number of nitrogens with zero attached hydrogens (tertiary/aromatic N) is 1. The highest BCUT2D eigenvalue weighted by Gasteiger charge is 2.12. The zero-order valence-corrected chi connectivity index (χ0v) is 14.0. The maximum Gasteiger partial charge on any atom is 0.316 e. The van der Waals surface area contributed by atoms with E-state index >= 15 is 0 Å². The van der Waals surface area contributed by atoms with Crippen molar-refractivity contribution in [3.05, 3.63) is 55.7 Å². The van der Waals surface area contributed by atoms with Gasteiger partial charge in [0, 0.05) is 17.0 Å². The van der Waals surface area contributed by atoms with Gasteiger partial charge >= 0.3 is 5.97 Å². The number of hydrogen-bond donors (Lipinski definition) is 0. The van der Waals surface area contributed by atoms with E-state index < -0.39 is 10.9 Å². The molecule has 0 radical (unpaired) electrons. The van der Waals surface area contributed by atoms with E-state index in [1.54, 1.807) is 24.3 Å². The van der Waals surface area contributed by atoms with Gasteiger partial charge in [0.1, 0.15) is 0 Å². The number of halogens is 1. The molecule has 0 aliphatic rings. The highest BCUT2D eigenvalue weighted by molar-refractivity contribution is 8.00. The van der Waals surface area contributed by atoms with Gasteiger partial charge < -0.3 is 4.74 Å². The third-order valence-corrected chi connectivity index (χ3v) is 4.87. The third-order valence-electron chi connectivity index (χ3n) is 2.62. The van der Waals surface area contributed by atoms with Crippen molar-refractivity contribution < 1.29 is 19.2 Å². The molecule has 0 aliphatic heterocycles. The first-order valence-corrected chi connectivity index (χ1v) is 8.45. The van der Waals surface area contributed by atoms with Gasteiger partial charge in [-0.2, -0.15) is 0 Å². The van der Waals surface area contributed by atoms with Gasteiger partial charge in [-0.05, 0) is 24.3 Å². The molecule has 0 atom stereocenters. The van der Waals surface area contributed by atoms with E-state index in [9.17, 15) is 19.7 Å². The van der Waals surface area contributed by atoms with Gasteiger partial charge in [0.25, 0.3) is 5.69 Å². The van der Waals surface area contributed by atoms with Gasteiger partial charge in [-0.3, -0.25) is 19.7 Å². The summed E-state index contributed by atoms with van der Waals surface area (Å²) in [5.41, 5.74) is -0.0165. The molecule has 0 N–H and O–H groups in total. The molecule has 1 aromatic carbocycles. The molecule has 0 saturated carbocycles. The van der Waals surface area contributed by atoms with Crippen LogP contribution in [0.25, 0.3) is 0 Å². The van der Waals surface area contributed by atoms with Crippen molar-refractivity contribution in [2.45, 2.75) is 4.90 Å². The first-order valence-electron chi connectivity index (χ1n) is 6.27. The normalized spacial score (nSPS) is 10.3. The summed E-state index contributed by atoms with van der Waals surface area (Å²) in [5.74, 6) is -0.837. The highest BCUT2D eigenvalue weighted by Crippen LogP contribution is 2.23. The first kappa shape index (κ1) is 17.5. The maximum absolute atomic E-state index is 11.7. The number of benzene rings is 1. The molecule has 2 aromatic rings. The van der Waals surface area contributed by atoms with Gasteiger partial charge in [0.2, 0.25) is 5.78 Å². The number of non-ortho nitro benzene ring substituents is 1. The van der Waals surface area contributed by atoms with Crippen molar-refractivity contribution in [1.82, 2.24) is 0 Å². The molecule has 1 heterocycles. The van der Waals surface area contributed by atoms with Crippen molar-refractivity contribution in [2.75, 3.05) is 12.4 Å². The SMILES string of the molecule is O=C(CSc1ccc([N+](=O)[O-])cc1)OCC(=O)c1ccc(Cl)s1. The number of carbonyl (C=O) groups excluding carboxylic acids is 2. The molecule has 0 spiro atoms. The lowest BCUT2D eigenvalue weighted by atomic mass is 10.3. The quantitative estimate of drug-likeness (QED) is 0.242. The van der Waals surface area contributed by atoms with Crippen LogP contribution in [0.4, 0.5) is 5.69 Å². The molecule has 9 heteroatoms. The third kappa shape index (κ3) is 5.34. The van der Waals surface area contributed by atoms with Crippen molar-refractivity contribution >= 4 is 52.1 Å². The highest BCUT2D eigenvalue weighted by atomic mass is 35.5. The van der Waals surface area contributed by atoms with Crippen LogP contribution in [0.5, 0.6) is 0 Å². The van der Waals surface area contributed by atoms with E-state index in [1.807, 2.05) is 0 Å². The Morgan fingerprint density at radius 3 is 2.48 bits per heavy atom. The number of carbonyl (C=O) groups is 2. The van der Waals surface area contributed by atoms with E-state index in [0.29, 0.717) is 14.1 Å². The van der Waals surface area contributed by atoms with E-state index in [-0.39, 0.29) is 23.8 Å². The lowest BCUT2D eigenvalue weighted by Gasteiger charge is -2.03. The molecule has 0 amide bonds. The van der Waals surface area contributed by atoms with Crippen molar-refractivity contribution in [1.29, 1.82) is 0 Å². The van der Waals surface area contributed by atoms with Crippen LogP contribution in [0, 0.1) is 10.1 Å². The Morgan fingerprint density at radius 2 is 1.91 bits per heavy atom. The molecule has 0 aliphatic carbocycles. The van der Waals surface area contributed by atoms with Gasteiger partial charge in [-0.25, -0.2) is 0 Å². The number of thiophene rings is 1. The van der Waals surface area contributed by atoms with E-state index in [1.165, 1.54) is 23.9 Å². The topological polar surface area (TPSA) is 86.5 Å². The van der Waals surface area contributed by atoms with Crippen LogP contribution < -0.4 is 0 Å². The molecule has 2 rings (SSSR count). The Bertz CT molecular complexity index is 729. The van der Waals surface area contributed by atoms with Crippen LogP contribution in [0.2, 0.25) is 4.34 Å². The van der Waals surface area contributed by atoms with E-state index in [0.717, 1.165) is 11.3 Å². The summed E-state index contributed by atoms with van der Waals surface area (Å²) in [5, 5.41) is 10.5. The summed E-state index contributed by atoms with van der Waals surface area (Å²) in [6.45, 7) is -0.337. The minimum absolute atomic E-state index is 0.0102. The zero-order chi connectivity index (χ0) is 16.8. The summed E-state index contributed by atoms with van der Waals surface area (Å²) < 4.78 is 5.39. The average molecular weight is 372 g/mol.